The molecule has 0 spiro atoms. The highest BCUT2D eigenvalue weighted by molar-refractivity contribution is 5.71. The first-order valence-corrected chi connectivity index (χ1v) is 25.5. The van der Waals surface area contributed by atoms with E-state index in [0.717, 1.165) is 77.0 Å². The molecule has 0 aliphatic carbocycles. The Balaban J connectivity index is 4.33. The number of unbranched alkanes of at least 4 members (excludes halogenated alkanes) is 29. The van der Waals surface area contributed by atoms with Crippen molar-refractivity contribution in [1.82, 2.24) is 0 Å². The van der Waals surface area contributed by atoms with Gasteiger partial charge in [0, 0.05) is 19.3 Å². The van der Waals surface area contributed by atoms with Crippen molar-refractivity contribution in [1.29, 1.82) is 0 Å². The van der Waals surface area contributed by atoms with Crippen LogP contribution in [0.3, 0.4) is 0 Å². The van der Waals surface area contributed by atoms with Crippen molar-refractivity contribution < 1.29 is 28.6 Å². The molecule has 0 fully saturated rings. The van der Waals surface area contributed by atoms with Gasteiger partial charge in [-0.25, -0.2) is 0 Å². The van der Waals surface area contributed by atoms with Crippen LogP contribution in [0.15, 0.2) is 36.5 Å². The molecular formula is C53H96O6. The molecule has 0 aliphatic heterocycles. The number of rotatable bonds is 46. The van der Waals surface area contributed by atoms with Gasteiger partial charge in [0.2, 0.25) is 0 Å². The van der Waals surface area contributed by atoms with Crippen molar-refractivity contribution in [2.75, 3.05) is 13.2 Å². The summed E-state index contributed by atoms with van der Waals surface area (Å²) in [7, 11) is 0. The van der Waals surface area contributed by atoms with Crippen LogP contribution in [-0.4, -0.2) is 37.2 Å². The summed E-state index contributed by atoms with van der Waals surface area (Å²) in [6, 6.07) is 0. The molecule has 1 unspecified atom stereocenters. The third-order valence-corrected chi connectivity index (χ3v) is 11.1. The van der Waals surface area contributed by atoms with Crippen molar-refractivity contribution in [3.05, 3.63) is 36.5 Å². The zero-order chi connectivity index (χ0) is 43.0. The van der Waals surface area contributed by atoms with Gasteiger partial charge in [0.25, 0.3) is 0 Å². The number of hydrogen-bond donors (Lipinski definition) is 0. The van der Waals surface area contributed by atoms with Crippen molar-refractivity contribution in [2.45, 2.75) is 271 Å². The van der Waals surface area contributed by atoms with Crippen LogP contribution in [0.1, 0.15) is 265 Å². The molecule has 0 radical (unpaired) electrons. The van der Waals surface area contributed by atoms with E-state index in [1.54, 1.807) is 0 Å². The summed E-state index contributed by atoms with van der Waals surface area (Å²) >= 11 is 0. The van der Waals surface area contributed by atoms with Gasteiger partial charge < -0.3 is 14.2 Å². The molecule has 0 amide bonds. The lowest BCUT2D eigenvalue weighted by atomic mass is 10.1. The third-order valence-electron chi connectivity index (χ3n) is 11.1. The molecule has 59 heavy (non-hydrogen) atoms. The van der Waals surface area contributed by atoms with E-state index in [0.29, 0.717) is 19.3 Å². The molecule has 0 aromatic carbocycles. The molecule has 0 rings (SSSR count). The van der Waals surface area contributed by atoms with Gasteiger partial charge >= 0.3 is 17.9 Å². The van der Waals surface area contributed by atoms with Crippen molar-refractivity contribution >= 4 is 17.9 Å². The lowest BCUT2D eigenvalue weighted by Gasteiger charge is -2.18. The fourth-order valence-electron chi connectivity index (χ4n) is 7.23. The lowest BCUT2D eigenvalue weighted by molar-refractivity contribution is -0.167. The van der Waals surface area contributed by atoms with Crippen molar-refractivity contribution in [3.8, 4) is 0 Å². The van der Waals surface area contributed by atoms with Gasteiger partial charge in [-0.15, -0.1) is 0 Å². The maximum absolute atomic E-state index is 12.8. The van der Waals surface area contributed by atoms with Gasteiger partial charge in [0.1, 0.15) is 13.2 Å². The lowest BCUT2D eigenvalue weighted by Crippen LogP contribution is -2.30. The average Bonchev–Trinajstić information content (AvgIpc) is 3.23. The monoisotopic (exact) mass is 829 g/mol. The van der Waals surface area contributed by atoms with Crippen LogP contribution in [0.2, 0.25) is 0 Å². The van der Waals surface area contributed by atoms with Gasteiger partial charge in [0.05, 0.1) is 0 Å². The molecule has 0 saturated carbocycles. The molecule has 0 aromatic heterocycles. The topological polar surface area (TPSA) is 78.9 Å². The highest BCUT2D eigenvalue weighted by atomic mass is 16.6. The molecule has 0 aromatic rings. The van der Waals surface area contributed by atoms with Crippen LogP contribution in [-0.2, 0) is 28.6 Å². The Morgan fingerprint density at radius 1 is 0.339 bits per heavy atom. The van der Waals surface area contributed by atoms with E-state index in [1.807, 2.05) is 0 Å². The first-order valence-electron chi connectivity index (χ1n) is 25.5. The maximum atomic E-state index is 12.8. The Kier molecular flexibility index (Phi) is 46.4. The molecule has 0 heterocycles. The van der Waals surface area contributed by atoms with Crippen molar-refractivity contribution in [2.24, 2.45) is 0 Å². The van der Waals surface area contributed by atoms with Gasteiger partial charge in [0.15, 0.2) is 6.10 Å². The van der Waals surface area contributed by atoms with Gasteiger partial charge in [-0.1, -0.05) is 205 Å². The molecule has 6 heteroatoms. The zero-order valence-electron chi connectivity index (χ0n) is 39.3. The Morgan fingerprint density at radius 2 is 0.610 bits per heavy atom. The highest BCUT2D eigenvalue weighted by Gasteiger charge is 2.19. The third kappa shape index (κ3) is 46.5. The van der Waals surface area contributed by atoms with Gasteiger partial charge in [-0.05, 0) is 77.0 Å². The molecule has 0 bridgehead atoms. The fraction of sp³-hybridized carbons (Fsp3) is 0.830. The Morgan fingerprint density at radius 3 is 0.983 bits per heavy atom. The second-order valence-electron chi connectivity index (χ2n) is 17.1. The Bertz CT molecular complexity index is 1000. The minimum atomic E-state index is -0.775. The summed E-state index contributed by atoms with van der Waals surface area (Å²) in [5, 5.41) is 0. The zero-order valence-corrected chi connectivity index (χ0v) is 39.3. The number of allylic oxidation sites excluding steroid dienone is 6. The fourth-order valence-corrected chi connectivity index (χ4v) is 7.23. The van der Waals surface area contributed by atoms with Crippen LogP contribution < -0.4 is 0 Å². The van der Waals surface area contributed by atoms with E-state index in [9.17, 15) is 14.4 Å². The molecule has 0 aliphatic rings. The molecule has 6 nitrogen and oxygen atoms in total. The Hall–Kier alpha value is -2.37. The average molecular weight is 829 g/mol. The van der Waals surface area contributed by atoms with E-state index in [1.165, 1.54) is 148 Å². The summed E-state index contributed by atoms with van der Waals surface area (Å²) in [6.07, 6.45) is 55.5. The summed E-state index contributed by atoms with van der Waals surface area (Å²) in [5.74, 6) is -0.887. The van der Waals surface area contributed by atoms with Crippen LogP contribution in [0.25, 0.3) is 0 Å². The molecule has 1 atom stereocenters. The first kappa shape index (κ1) is 56.6. The first-order chi connectivity index (χ1) is 29.0. The largest absolute Gasteiger partial charge is 0.462 e. The van der Waals surface area contributed by atoms with E-state index in [2.05, 4.69) is 57.2 Å². The summed E-state index contributed by atoms with van der Waals surface area (Å²) in [5.41, 5.74) is 0. The van der Waals surface area contributed by atoms with E-state index < -0.39 is 6.10 Å². The standard InChI is InChI=1S/C53H96O6/c1-4-7-10-13-16-19-21-23-25-26-28-29-31-34-37-40-43-46-52(55)58-49-50(48-57-51(54)45-42-39-36-33-18-15-12-9-6-3)59-53(56)47-44-41-38-35-32-30-27-24-22-20-17-14-11-8-5-2/h16,19,23-25,27,50H,4-15,17-18,20-22,26,28-49H2,1-3H3/b19-16-,25-23-,27-24-. The van der Waals surface area contributed by atoms with E-state index in [-0.39, 0.29) is 31.1 Å². The van der Waals surface area contributed by atoms with Crippen LogP contribution >= 0.6 is 0 Å². The second-order valence-corrected chi connectivity index (χ2v) is 17.1. The minimum absolute atomic E-state index is 0.0758. The predicted octanol–water partition coefficient (Wildman–Crippen LogP) is 16.5. The second kappa shape index (κ2) is 48.3. The quantitative estimate of drug-likeness (QED) is 0.0263. The highest BCUT2D eigenvalue weighted by Crippen LogP contribution is 2.14. The van der Waals surface area contributed by atoms with E-state index >= 15 is 0 Å². The van der Waals surface area contributed by atoms with Crippen molar-refractivity contribution in [3.63, 3.8) is 0 Å². The number of esters is 3. The minimum Gasteiger partial charge on any atom is -0.462 e. The molecule has 344 valence electrons. The number of ether oxygens (including phenoxy) is 3. The summed E-state index contributed by atoms with van der Waals surface area (Å²) < 4.78 is 16.7. The normalized spacial score (nSPS) is 12.3. The van der Waals surface area contributed by atoms with Crippen LogP contribution in [0, 0.1) is 0 Å². The molecule has 0 saturated heterocycles. The van der Waals surface area contributed by atoms with Crippen LogP contribution in [0.5, 0.6) is 0 Å². The van der Waals surface area contributed by atoms with Gasteiger partial charge in [-0.3, -0.25) is 14.4 Å². The molecular weight excluding hydrogens is 733 g/mol. The van der Waals surface area contributed by atoms with E-state index in [4.69, 9.17) is 14.2 Å². The number of carbonyl (C=O) groups excluding carboxylic acids is 3. The van der Waals surface area contributed by atoms with Gasteiger partial charge in [-0.2, -0.15) is 0 Å². The predicted molar refractivity (Wildman–Crippen MR) is 252 cm³/mol. The van der Waals surface area contributed by atoms with Crippen LogP contribution in [0.4, 0.5) is 0 Å². The maximum Gasteiger partial charge on any atom is 0.306 e. The smallest absolute Gasteiger partial charge is 0.306 e. The summed E-state index contributed by atoms with van der Waals surface area (Å²) in [4.78, 5) is 37.8. The Labute approximate surface area is 365 Å². The molecule has 0 N–H and O–H groups in total. The SMILES string of the molecule is CCCCC/C=C\C/C=C\CCCCCCCCCC(=O)OCC(COC(=O)CCCCCCCCCCC)OC(=O)CCCCCCC/C=C\CCCCCCCC. The number of hydrogen-bond acceptors (Lipinski definition) is 6. The summed E-state index contributed by atoms with van der Waals surface area (Å²) in [6.45, 7) is 6.59. The number of carbonyl (C=O) groups is 3.